The first kappa shape index (κ1) is 26.7. The molecule has 3 aliphatic heterocycles. The number of rotatable bonds is 4. The zero-order valence-electron chi connectivity index (χ0n) is 22.1. The van der Waals surface area contributed by atoms with Crippen molar-refractivity contribution in [1.29, 1.82) is 0 Å². The highest BCUT2D eigenvalue weighted by Crippen LogP contribution is 2.55. The number of alkyl halides is 3. The van der Waals surface area contributed by atoms with Crippen LogP contribution in [0.25, 0.3) is 0 Å². The molecule has 0 aromatic heterocycles. The highest BCUT2D eigenvalue weighted by Gasteiger charge is 2.56. The Morgan fingerprint density at radius 2 is 1.62 bits per heavy atom. The summed E-state index contributed by atoms with van der Waals surface area (Å²) in [5.41, 5.74) is -0.279. The fourth-order valence-corrected chi connectivity index (χ4v) is 6.38. The second-order valence-electron chi connectivity index (χ2n) is 11.6. The standard InChI is InChI=1S/C30H32F3N3O4/c31-30(32,33)22-7-3-2-6-21(22)26(37)34-20-11-15-35(16-12-20)27(38)23-17-29(13-14-29)18-36(23)28(39)25-10-9-19-5-1-4-8-24(19)40-25/h1-8,20,23,25H,9-18H2,(H,34,37)/t23-,25?/m0/s1. The third-order valence-electron chi connectivity index (χ3n) is 8.85. The number of hydrogen-bond donors (Lipinski definition) is 1. The van der Waals surface area contributed by atoms with Crippen LogP contribution in [0.15, 0.2) is 48.5 Å². The number of ether oxygens (including phenoxy) is 1. The quantitative estimate of drug-likeness (QED) is 0.614. The van der Waals surface area contributed by atoms with E-state index in [1.165, 1.54) is 18.2 Å². The van der Waals surface area contributed by atoms with Crippen molar-refractivity contribution in [3.05, 3.63) is 65.2 Å². The second kappa shape index (κ2) is 10.1. The van der Waals surface area contributed by atoms with E-state index in [2.05, 4.69) is 5.32 Å². The summed E-state index contributed by atoms with van der Waals surface area (Å²) in [5, 5.41) is 2.72. The zero-order chi connectivity index (χ0) is 28.1. The van der Waals surface area contributed by atoms with Crippen LogP contribution in [-0.2, 0) is 22.2 Å². The molecule has 1 spiro atoms. The van der Waals surface area contributed by atoms with Gasteiger partial charge in [-0.3, -0.25) is 14.4 Å². The van der Waals surface area contributed by atoms with Crippen molar-refractivity contribution < 1.29 is 32.3 Å². The second-order valence-corrected chi connectivity index (χ2v) is 11.6. The molecule has 3 fully saturated rings. The van der Waals surface area contributed by atoms with Gasteiger partial charge in [-0.05, 0) is 74.1 Å². The summed E-state index contributed by atoms with van der Waals surface area (Å²) in [4.78, 5) is 43.5. The molecule has 6 rings (SSSR count). The Balaban J connectivity index is 1.08. The molecule has 2 aromatic carbocycles. The number of likely N-dealkylation sites (tertiary alicyclic amines) is 2. The monoisotopic (exact) mass is 555 g/mol. The summed E-state index contributed by atoms with van der Waals surface area (Å²) in [6, 6.07) is 11.5. The van der Waals surface area contributed by atoms with Crippen LogP contribution in [-0.4, -0.2) is 65.3 Å². The average Bonchev–Trinajstić information content (AvgIpc) is 3.61. The number of hydrogen-bond acceptors (Lipinski definition) is 4. The smallest absolute Gasteiger partial charge is 0.417 e. The van der Waals surface area contributed by atoms with Crippen molar-refractivity contribution in [2.75, 3.05) is 19.6 Å². The van der Waals surface area contributed by atoms with Crippen LogP contribution in [0.5, 0.6) is 5.75 Å². The van der Waals surface area contributed by atoms with E-state index in [0.717, 1.165) is 36.6 Å². The van der Waals surface area contributed by atoms with E-state index in [1.807, 2.05) is 24.3 Å². The third-order valence-corrected chi connectivity index (χ3v) is 8.85. The molecule has 3 heterocycles. The van der Waals surface area contributed by atoms with Gasteiger partial charge in [0.2, 0.25) is 5.91 Å². The Labute approximate surface area is 230 Å². The number of benzene rings is 2. The molecule has 1 unspecified atom stereocenters. The molecule has 212 valence electrons. The number of piperidine rings is 1. The highest BCUT2D eigenvalue weighted by molar-refractivity contribution is 5.96. The highest BCUT2D eigenvalue weighted by atomic mass is 19.4. The minimum atomic E-state index is -4.63. The number of nitrogens with zero attached hydrogens (tertiary/aromatic N) is 2. The minimum absolute atomic E-state index is 0.0146. The van der Waals surface area contributed by atoms with Gasteiger partial charge in [-0.2, -0.15) is 13.2 Å². The number of amides is 3. The van der Waals surface area contributed by atoms with Gasteiger partial charge in [-0.25, -0.2) is 0 Å². The molecule has 4 aliphatic rings. The predicted octanol–water partition coefficient (Wildman–Crippen LogP) is 4.20. The fraction of sp³-hybridized carbons (Fsp3) is 0.500. The van der Waals surface area contributed by atoms with Crippen LogP contribution in [0, 0.1) is 5.41 Å². The van der Waals surface area contributed by atoms with Gasteiger partial charge in [0.05, 0.1) is 11.1 Å². The Kier molecular flexibility index (Phi) is 6.74. The maximum atomic E-state index is 13.7. The summed E-state index contributed by atoms with van der Waals surface area (Å²) in [6.07, 6.45) is -0.408. The lowest BCUT2D eigenvalue weighted by Gasteiger charge is -2.37. The van der Waals surface area contributed by atoms with Crippen molar-refractivity contribution in [3.8, 4) is 5.75 Å². The first-order valence-electron chi connectivity index (χ1n) is 13.9. The Morgan fingerprint density at radius 1 is 0.925 bits per heavy atom. The molecule has 7 nitrogen and oxygen atoms in total. The molecule has 1 saturated carbocycles. The molecular weight excluding hydrogens is 523 g/mol. The molecule has 0 radical (unpaired) electrons. The minimum Gasteiger partial charge on any atom is -0.480 e. The molecular formula is C30H32F3N3O4. The van der Waals surface area contributed by atoms with Crippen molar-refractivity contribution in [1.82, 2.24) is 15.1 Å². The molecule has 10 heteroatoms. The van der Waals surface area contributed by atoms with E-state index in [1.54, 1.807) is 9.80 Å². The van der Waals surface area contributed by atoms with E-state index in [4.69, 9.17) is 4.74 Å². The molecule has 40 heavy (non-hydrogen) atoms. The normalized spacial score (nSPS) is 23.9. The third kappa shape index (κ3) is 5.15. The van der Waals surface area contributed by atoms with Gasteiger partial charge in [0, 0.05) is 25.7 Å². The number of fused-ring (bicyclic) bond motifs is 1. The number of para-hydroxylation sites is 1. The van der Waals surface area contributed by atoms with Crippen LogP contribution < -0.4 is 10.1 Å². The van der Waals surface area contributed by atoms with Crippen molar-refractivity contribution in [2.24, 2.45) is 5.41 Å². The molecule has 2 saturated heterocycles. The molecule has 2 aromatic rings. The van der Waals surface area contributed by atoms with Gasteiger partial charge in [-0.1, -0.05) is 30.3 Å². The molecule has 0 bridgehead atoms. The number of nitrogens with one attached hydrogen (secondary N) is 1. The lowest BCUT2D eigenvalue weighted by Crippen LogP contribution is -2.54. The van der Waals surface area contributed by atoms with Crippen LogP contribution >= 0.6 is 0 Å². The van der Waals surface area contributed by atoms with Gasteiger partial charge in [0.25, 0.3) is 11.8 Å². The maximum absolute atomic E-state index is 13.7. The van der Waals surface area contributed by atoms with Crippen molar-refractivity contribution in [3.63, 3.8) is 0 Å². The number of halogens is 3. The van der Waals surface area contributed by atoms with E-state index in [9.17, 15) is 27.6 Å². The number of aryl methyl sites for hydroxylation is 1. The lowest BCUT2D eigenvalue weighted by atomic mass is 9.99. The van der Waals surface area contributed by atoms with Gasteiger partial charge in [0.15, 0.2) is 6.10 Å². The molecule has 3 amide bonds. The first-order chi connectivity index (χ1) is 19.1. The Morgan fingerprint density at radius 3 is 2.35 bits per heavy atom. The Bertz CT molecular complexity index is 1320. The van der Waals surface area contributed by atoms with Gasteiger partial charge < -0.3 is 19.9 Å². The Hall–Kier alpha value is -3.56. The first-order valence-corrected chi connectivity index (χ1v) is 13.9. The van der Waals surface area contributed by atoms with Crippen LogP contribution in [0.1, 0.15) is 60.0 Å². The summed E-state index contributed by atoms with van der Waals surface area (Å²) in [7, 11) is 0. The van der Waals surface area contributed by atoms with Crippen molar-refractivity contribution >= 4 is 17.7 Å². The fourth-order valence-electron chi connectivity index (χ4n) is 6.38. The number of carbonyl (C=O) groups is 3. The predicted molar refractivity (Wildman–Crippen MR) is 139 cm³/mol. The van der Waals surface area contributed by atoms with E-state index in [-0.39, 0.29) is 23.3 Å². The van der Waals surface area contributed by atoms with Crippen molar-refractivity contribution in [2.45, 2.75) is 69.3 Å². The molecule has 2 atom stereocenters. The van der Waals surface area contributed by atoms with Crippen LogP contribution in [0.4, 0.5) is 13.2 Å². The average molecular weight is 556 g/mol. The summed E-state index contributed by atoms with van der Waals surface area (Å²) >= 11 is 0. The largest absolute Gasteiger partial charge is 0.480 e. The van der Waals surface area contributed by atoms with E-state index >= 15 is 0 Å². The van der Waals surface area contributed by atoms with Crippen LogP contribution in [0.3, 0.4) is 0 Å². The lowest BCUT2D eigenvalue weighted by molar-refractivity contribution is -0.148. The van der Waals surface area contributed by atoms with Crippen LogP contribution in [0.2, 0.25) is 0 Å². The van der Waals surface area contributed by atoms with E-state index < -0.39 is 35.4 Å². The van der Waals surface area contributed by atoms with Gasteiger partial charge in [-0.15, -0.1) is 0 Å². The molecule has 1 aliphatic carbocycles. The summed E-state index contributed by atoms with van der Waals surface area (Å²) < 4.78 is 46.1. The molecule has 1 N–H and O–H groups in total. The van der Waals surface area contributed by atoms with Gasteiger partial charge in [0.1, 0.15) is 11.8 Å². The number of carbonyl (C=O) groups excluding carboxylic acids is 3. The van der Waals surface area contributed by atoms with E-state index in [0.29, 0.717) is 45.3 Å². The SMILES string of the molecule is O=C(NC1CCN(C(=O)[C@@H]2CC3(CC3)CN2C(=O)C2CCc3ccccc3O2)CC1)c1ccccc1C(F)(F)F. The van der Waals surface area contributed by atoms with Gasteiger partial charge >= 0.3 is 6.18 Å². The topological polar surface area (TPSA) is 79.0 Å². The summed E-state index contributed by atoms with van der Waals surface area (Å²) in [5.74, 6) is -0.282. The summed E-state index contributed by atoms with van der Waals surface area (Å²) in [6.45, 7) is 1.29. The zero-order valence-corrected chi connectivity index (χ0v) is 22.1. The maximum Gasteiger partial charge on any atom is 0.417 e.